The predicted octanol–water partition coefficient (Wildman–Crippen LogP) is 2.78. The van der Waals surface area contributed by atoms with Crippen molar-refractivity contribution in [3.8, 4) is 17.2 Å². The van der Waals surface area contributed by atoms with E-state index in [-0.39, 0.29) is 16.6 Å². The van der Waals surface area contributed by atoms with Crippen LogP contribution in [0.15, 0.2) is 35.2 Å². The van der Waals surface area contributed by atoms with Crippen LogP contribution in [0.1, 0.15) is 12.5 Å². The number of sulfonamides is 1. The highest BCUT2D eigenvalue weighted by atomic mass is 32.2. The van der Waals surface area contributed by atoms with Crippen LogP contribution in [-0.2, 0) is 14.8 Å². The maximum atomic E-state index is 12.8. The number of methoxy groups -OCH3 is 3. The number of ether oxygens (including phenoxy) is 3. The topological polar surface area (TPSA) is 103 Å². The molecule has 0 radical (unpaired) electrons. The molecule has 2 aromatic carbocycles. The Hall–Kier alpha value is -2.94. The van der Waals surface area contributed by atoms with Crippen LogP contribution in [0.25, 0.3) is 0 Å². The number of benzene rings is 2. The highest BCUT2D eigenvalue weighted by Crippen LogP contribution is 2.34. The Bertz CT molecular complexity index is 957. The lowest BCUT2D eigenvalue weighted by Crippen LogP contribution is -2.15. The molecule has 2 rings (SSSR count). The SMILES string of the molecule is COc1cc(S(=O)(=O)Nc2cc(OC)c(OC)cc2C)ccc1NC(C)=O. The minimum absolute atomic E-state index is 0.0114. The summed E-state index contributed by atoms with van der Waals surface area (Å²) in [7, 11) is 0.468. The second-order valence-electron chi connectivity index (χ2n) is 5.67. The van der Waals surface area contributed by atoms with Gasteiger partial charge in [0.05, 0.1) is 37.6 Å². The zero-order chi connectivity index (χ0) is 20.2. The van der Waals surface area contributed by atoms with E-state index in [1.165, 1.54) is 46.5 Å². The van der Waals surface area contributed by atoms with Crippen molar-refractivity contribution in [1.29, 1.82) is 0 Å². The fourth-order valence-corrected chi connectivity index (χ4v) is 3.56. The standard InChI is InChI=1S/C18H22N2O6S/c1-11-8-17(25-4)18(26-5)10-15(11)20-27(22,23)13-6-7-14(19-12(2)21)16(9-13)24-3/h6-10,20H,1-5H3,(H,19,21). The molecule has 2 aromatic rings. The first kappa shape index (κ1) is 20.4. The van der Waals surface area contributed by atoms with Crippen LogP contribution in [0, 0.1) is 6.92 Å². The molecule has 0 aromatic heterocycles. The first-order chi connectivity index (χ1) is 12.7. The van der Waals surface area contributed by atoms with Gasteiger partial charge in [0.1, 0.15) is 5.75 Å². The molecule has 8 nitrogen and oxygen atoms in total. The Balaban J connectivity index is 2.41. The molecule has 0 bridgehead atoms. The molecule has 2 N–H and O–H groups in total. The van der Waals surface area contributed by atoms with E-state index in [1.807, 2.05) is 0 Å². The zero-order valence-corrected chi connectivity index (χ0v) is 16.6. The number of carbonyl (C=O) groups is 1. The average molecular weight is 394 g/mol. The normalized spacial score (nSPS) is 10.9. The third kappa shape index (κ3) is 4.62. The largest absolute Gasteiger partial charge is 0.495 e. The van der Waals surface area contributed by atoms with Gasteiger partial charge in [0.25, 0.3) is 10.0 Å². The molecule has 0 atom stereocenters. The van der Waals surface area contributed by atoms with Crippen LogP contribution < -0.4 is 24.2 Å². The van der Waals surface area contributed by atoms with E-state index in [1.54, 1.807) is 19.1 Å². The molecule has 1 amide bonds. The summed E-state index contributed by atoms with van der Waals surface area (Å²) in [4.78, 5) is 11.2. The van der Waals surface area contributed by atoms with Crippen LogP contribution in [0.5, 0.6) is 17.2 Å². The lowest BCUT2D eigenvalue weighted by atomic mass is 10.2. The van der Waals surface area contributed by atoms with Crippen molar-refractivity contribution in [2.75, 3.05) is 31.4 Å². The number of amides is 1. The van der Waals surface area contributed by atoms with Crippen molar-refractivity contribution >= 4 is 27.3 Å². The van der Waals surface area contributed by atoms with Crippen molar-refractivity contribution in [1.82, 2.24) is 0 Å². The van der Waals surface area contributed by atoms with Crippen LogP contribution in [0.2, 0.25) is 0 Å². The number of rotatable bonds is 7. The molecular weight excluding hydrogens is 372 g/mol. The smallest absolute Gasteiger partial charge is 0.262 e. The molecule has 0 aliphatic carbocycles. The highest BCUT2D eigenvalue weighted by Gasteiger charge is 2.19. The van der Waals surface area contributed by atoms with E-state index in [4.69, 9.17) is 14.2 Å². The lowest BCUT2D eigenvalue weighted by Gasteiger charge is -2.16. The minimum atomic E-state index is -3.90. The molecular formula is C18H22N2O6S. The van der Waals surface area contributed by atoms with Gasteiger partial charge in [-0.25, -0.2) is 8.42 Å². The first-order valence-electron chi connectivity index (χ1n) is 7.93. The van der Waals surface area contributed by atoms with Gasteiger partial charge in [-0.15, -0.1) is 0 Å². The van der Waals surface area contributed by atoms with E-state index >= 15 is 0 Å². The molecule has 27 heavy (non-hydrogen) atoms. The molecule has 9 heteroatoms. The lowest BCUT2D eigenvalue weighted by molar-refractivity contribution is -0.114. The quantitative estimate of drug-likeness (QED) is 0.749. The van der Waals surface area contributed by atoms with E-state index in [0.29, 0.717) is 28.4 Å². The molecule has 0 saturated heterocycles. The Morgan fingerprint density at radius 3 is 2.04 bits per heavy atom. The molecule has 146 valence electrons. The predicted molar refractivity (Wildman–Crippen MR) is 102 cm³/mol. The summed E-state index contributed by atoms with van der Waals surface area (Å²) in [5.41, 5.74) is 1.40. The molecule has 0 aliphatic rings. The van der Waals surface area contributed by atoms with Gasteiger partial charge in [0.15, 0.2) is 11.5 Å². The Labute approximate surface area is 158 Å². The number of hydrogen-bond donors (Lipinski definition) is 2. The van der Waals surface area contributed by atoms with E-state index < -0.39 is 10.0 Å². The van der Waals surface area contributed by atoms with Gasteiger partial charge in [-0.2, -0.15) is 0 Å². The molecule has 0 heterocycles. The molecule has 0 unspecified atom stereocenters. The van der Waals surface area contributed by atoms with Gasteiger partial charge < -0.3 is 19.5 Å². The number of aryl methyl sites for hydroxylation is 1. The van der Waals surface area contributed by atoms with Crippen molar-refractivity contribution in [3.05, 3.63) is 35.9 Å². The van der Waals surface area contributed by atoms with E-state index in [2.05, 4.69) is 10.0 Å². The van der Waals surface area contributed by atoms with Gasteiger partial charge in [-0.05, 0) is 30.7 Å². The second kappa shape index (κ2) is 8.17. The maximum Gasteiger partial charge on any atom is 0.262 e. The van der Waals surface area contributed by atoms with E-state index in [0.717, 1.165) is 0 Å². The fourth-order valence-electron chi connectivity index (χ4n) is 2.43. The van der Waals surface area contributed by atoms with Gasteiger partial charge in [-0.1, -0.05) is 0 Å². The summed E-state index contributed by atoms with van der Waals surface area (Å²) in [6.45, 7) is 3.10. The van der Waals surface area contributed by atoms with Gasteiger partial charge in [0, 0.05) is 19.1 Å². The third-order valence-corrected chi connectivity index (χ3v) is 5.13. The van der Waals surface area contributed by atoms with Gasteiger partial charge in [0.2, 0.25) is 5.91 Å². The summed E-state index contributed by atoms with van der Waals surface area (Å²) in [6.07, 6.45) is 0. The number of carbonyl (C=O) groups excluding carboxylic acids is 1. The fraction of sp³-hybridized carbons (Fsp3) is 0.278. The molecule has 0 aliphatic heterocycles. The first-order valence-corrected chi connectivity index (χ1v) is 9.41. The second-order valence-corrected chi connectivity index (χ2v) is 7.35. The number of hydrogen-bond acceptors (Lipinski definition) is 6. The van der Waals surface area contributed by atoms with Crippen LogP contribution in [0.4, 0.5) is 11.4 Å². The maximum absolute atomic E-state index is 12.8. The Kier molecular flexibility index (Phi) is 6.17. The van der Waals surface area contributed by atoms with Crippen LogP contribution in [0.3, 0.4) is 0 Å². The van der Waals surface area contributed by atoms with E-state index in [9.17, 15) is 13.2 Å². The molecule has 0 spiro atoms. The Morgan fingerprint density at radius 2 is 1.48 bits per heavy atom. The van der Waals surface area contributed by atoms with Gasteiger partial charge >= 0.3 is 0 Å². The van der Waals surface area contributed by atoms with Crippen molar-refractivity contribution in [2.45, 2.75) is 18.7 Å². The number of nitrogens with one attached hydrogen (secondary N) is 2. The summed E-state index contributed by atoms with van der Waals surface area (Å²) in [5, 5.41) is 2.58. The van der Waals surface area contributed by atoms with Crippen molar-refractivity contribution in [3.63, 3.8) is 0 Å². The van der Waals surface area contributed by atoms with Crippen LogP contribution >= 0.6 is 0 Å². The average Bonchev–Trinajstić information content (AvgIpc) is 2.62. The molecule has 0 fully saturated rings. The summed E-state index contributed by atoms with van der Waals surface area (Å²) >= 11 is 0. The van der Waals surface area contributed by atoms with Crippen LogP contribution in [-0.4, -0.2) is 35.7 Å². The van der Waals surface area contributed by atoms with Gasteiger partial charge in [-0.3, -0.25) is 9.52 Å². The Morgan fingerprint density at radius 1 is 0.889 bits per heavy atom. The third-order valence-electron chi connectivity index (χ3n) is 3.77. The number of anilines is 2. The highest BCUT2D eigenvalue weighted by molar-refractivity contribution is 7.92. The monoisotopic (exact) mass is 394 g/mol. The minimum Gasteiger partial charge on any atom is -0.495 e. The summed E-state index contributed by atoms with van der Waals surface area (Å²) in [5.74, 6) is 0.846. The summed E-state index contributed by atoms with van der Waals surface area (Å²) in [6, 6.07) is 7.41. The van der Waals surface area contributed by atoms with Crippen molar-refractivity contribution in [2.24, 2.45) is 0 Å². The van der Waals surface area contributed by atoms with Crippen molar-refractivity contribution < 1.29 is 27.4 Å². The zero-order valence-electron chi connectivity index (χ0n) is 15.7. The molecule has 0 saturated carbocycles. The summed E-state index contributed by atoms with van der Waals surface area (Å²) < 4.78 is 43.7.